The molecule has 0 aliphatic heterocycles. The summed E-state index contributed by atoms with van der Waals surface area (Å²) in [6, 6.07) is 3.48. The Morgan fingerprint density at radius 1 is 1.35 bits per heavy atom. The third-order valence-corrected chi connectivity index (χ3v) is 6.45. The van der Waals surface area contributed by atoms with Crippen LogP contribution in [0.3, 0.4) is 0 Å². The molecule has 148 valence electrons. The maximum atomic E-state index is 12.8. The van der Waals surface area contributed by atoms with E-state index in [1.165, 1.54) is 32.4 Å². The average molecular weight is 427 g/mol. The van der Waals surface area contributed by atoms with Gasteiger partial charge in [-0.25, -0.2) is 13.2 Å². The highest BCUT2D eigenvalue weighted by Crippen LogP contribution is 2.29. The molecule has 0 bridgehead atoms. The van der Waals surface area contributed by atoms with Crippen LogP contribution in [-0.2, 0) is 14.8 Å². The fraction of sp³-hybridized carbons (Fsp3) is 0.562. The van der Waals surface area contributed by atoms with E-state index in [-0.39, 0.29) is 16.5 Å². The Morgan fingerprint density at radius 3 is 2.35 bits per heavy atom. The zero-order valence-electron chi connectivity index (χ0n) is 15.3. The van der Waals surface area contributed by atoms with Crippen molar-refractivity contribution in [2.45, 2.75) is 37.8 Å². The molecule has 0 fully saturated rings. The predicted octanol–water partition coefficient (Wildman–Crippen LogP) is 3.31. The first-order chi connectivity index (χ1) is 11.8. The first kappa shape index (κ1) is 23.0. The molecule has 1 aromatic rings. The second-order valence-corrected chi connectivity index (χ2v) is 9.78. The average Bonchev–Trinajstić information content (AvgIpc) is 2.48. The summed E-state index contributed by atoms with van der Waals surface area (Å²) >= 11 is 11.8. The molecular formula is C16H24Cl2N2O5S. The van der Waals surface area contributed by atoms with E-state index in [1.807, 2.05) is 20.8 Å². The number of ether oxygens (including phenoxy) is 1. The van der Waals surface area contributed by atoms with Crippen molar-refractivity contribution in [2.75, 3.05) is 20.7 Å². The van der Waals surface area contributed by atoms with Gasteiger partial charge in [0.1, 0.15) is 4.90 Å². The number of methoxy groups -OCH3 is 1. The van der Waals surface area contributed by atoms with Gasteiger partial charge < -0.3 is 15.2 Å². The fourth-order valence-corrected chi connectivity index (χ4v) is 4.45. The SMILES string of the molecule is COC(CN(C)S(=O)(=O)c1ccc(Cl)cc1Cl)C(NC(=O)O)C(C)(C)C. The minimum atomic E-state index is -3.91. The lowest BCUT2D eigenvalue weighted by molar-refractivity contribution is 0.0211. The van der Waals surface area contributed by atoms with E-state index in [2.05, 4.69) is 5.32 Å². The zero-order valence-corrected chi connectivity index (χ0v) is 17.6. The van der Waals surface area contributed by atoms with Gasteiger partial charge in [-0.3, -0.25) is 0 Å². The third kappa shape index (κ3) is 5.72. The van der Waals surface area contributed by atoms with Crippen molar-refractivity contribution in [3.8, 4) is 0 Å². The van der Waals surface area contributed by atoms with Crippen LogP contribution in [0.4, 0.5) is 4.79 Å². The summed E-state index contributed by atoms with van der Waals surface area (Å²) in [5.74, 6) is 0. The molecule has 7 nitrogen and oxygen atoms in total. The Morgan fingerprint density at radius 2 is 1.92 bits per heavy atom. The summed E-state index contributed by atoms with van der Waals surface area (Å²) in [5, 5.41) is 11.8. The third-order valence-electron chi connectivity index (χ3n) is 3.91. The second-order valence-electron chi connectivity index (χ2n) is 6.93. The number of benzene rings is 1. The van der Waals surface area contributed by atoms with Crippen molar-refractivity contribution in [2.24, 2.45) is 5.41 Å². The van der Waals surface area contributed by atoms with E-state index in [0.717, 1.165) is 4.31 Å². The van der Waals surface area contributed by atoms with Gasteiger partial charge in [0.15, 0.2) is 0 Å². The van der Waals surface area contributed by atoms with Crippen LogP contribution >= 0.6 is 23.2 Å². The molecule has 0 spiro atoms. The number of hydrogen-bond acceptors (Lipinski definition) is 4. The second kappa shape index (κ2) is 8.75. The van der Waals surface area contributed by atoms with Crippen LogP contribution in [0.5, 0.6) is 0 Å². The summed E-state index contributed by atoms with van der Waals surface area (Å²) in [4.78, 5) is 11.0. The van der Waals surface area contributed by atoms with Gasteiger partial charge in [-0.05, 0) is 23.6 Å². The topological polar surface area (TPSA) is 95.9 Å². The molecule has 1 rings (SSSR count). The number of likely N-dealkylation sites (N-methyl/N-ethyl adjacent to an activating group) is 1. The lowest BCUT2D eigenvalue weighted by atomic mass is 9.83. The maximum Gasteiger partial charge on any atom is 0.404 e. The molecule has 26 heavy (non-hydrogen) atoms. The van der Waals surface area contributed by atoms with Gasteiger partial charge in [0.05, 0.1) is 17.2 Å². The van der Waals surface area contributed by atoms with Gasteiger partial charge in [-0.1, -0.05) is 44.0 Å². The zero-order chi connectivity index (χ0) is 20.3. The Kier molecular flexibility index (Phi) is 7.74. The first-order valence-electron chi connectivity index (χ1n) is 7.74. The number of carboxylic acid groups (broad SMARTS) is 1. The number of rotatable bonds is 7. The number of halogens is 2. The van der Waals surface area contributed by atoms with Crippen molar-refractivity contribution in [3.05, 3.63) is 28.2 Å². The highest BCUT2D eigenvalue weighted by Gasteiger charge is 2.36. The minimum absolute atomic E-state index is 0.00866. The summed E-state index contributed by atoms with van der Waals surface area (Å²) in [7, 11) is -1.12. The molecule has 0 saturated carbocycles. The number of hydrogen-bond donors (Lipinski definition) is 2. The van der Waals surface area contributed by atoms with Gasteiger partial charge in [0, 0.05) is 25.7 Å². The first-order valence-corrected chi connectivity index (χ1v) is 9.94. The van der Waals surface area contributed by atoms with Crippen molar-refractivity contribution >= 4 is 39.3 Å². The lowest BCUT2D eigenvalue weighted by Crippen LogP contribution is -2.55. The number of amides is 1. The molecule has 0 heterocycles. The van der Waals surface area contributed by atoms with Crippen molar-refractivity contribution in [3.63, 3.8) is 0 Å². The van der Waals surface area contributed by atoms with Crippen LogP contribution in [-0.4, -0.2) is 56.8 Å². The van der Waals surface area contributed by atoms with Crippen LogP contribution in [0, 0.1) is 5.41 Å². The Bertz CT molecular complexity index is 749. The van der Waals surface area contributed by atoms with Crippen molar-refractivity contribution < 1.29 is 23.1 Å². The van der Waals surface area contributed by atoms with Crippen LogP contribution in [0.2, 0.25) is 10.0 Å². The number of carbonyl (C=O) groups is 1. The summed E-state index contributed by atoms with van der Waals surface area (Å²) in [6.07, 6.45) is -1.92. The minimum Gasteiger partial charge on any atom is -0.465 e. The van der Waals surface area contributed by atoms with Gasteiger partial charge in [-0.2, -0.15) is 4.31 Å². The van der Waals surface area contributed by atoms with E-state index in [4.69, 9.17) is 33.0 Å². The molecule has 1 amide bonds. The van der Waals surface area contributed by atoms with Crippen LogP contribution in [0.25, 0.3) is 0 Å². The normalized spacial score (nSPS) is 14.9. The molecule has 2 N–H and O–H groups in total. The van der Waals surface area contributed by atoms with E-state index in [9.17, 15) is 13.2 Å². The molecule has 0 radical (unpaired) electrons. The van der Waals surface area contributed by atoms with Gasteiger partial charge in [-0.15, -0.1) is 0 Å². The monoisotopic (exact) mass is 426 g/mol. The number of nitrogens with zero attached hydrogens (tertiary/aromatic N) is 1. The fourth-order valence-electron chi connectivity index (χ4n) is 2.52. The van der Waals surface area contributed by atoms with E-state index in [0.29, 0.717) is 5.02 Å². The smallest absolute Gasteiger partial charge is 0.404 e. The molecule has 1 aromatic carbocycles. The number of nitrogens with one attached hydrogen (secondary N) is 1. The highest BCUT2D eigenvalue weighted by molar-refractivity contribution is 7.89. The molecule has 2 atom stereocenters. The molecule has 2 unspecified atom stereocenters. The molecular weight excluding hydrogens is 403 g/mol. The Labute approximate surface area is 164 Å². The van der Waals surface area contributed by atoms with Gasteiger partial charge in [0.25, 0.3) is 0 Å². The van der Waals surface area contributed by atoms with E-state index in [1.54, 1.807) is 0 Å². The standard InChI is InChI=1S/C16H24Cl2N2O5S/c1-16(2,3)14(19-15(21)22)12(25-5)9-20(4)26(23,24)13-7-6-10(17)8-11(13)18/h6-8,12,14,19H,9H2,1-5H3,(H,21,22). The van der Waals surface area contributed by atoms with E-state index < -0.39 is 33.7 Å². The van der Waals surface area contributed by atoms with E-state index >= 15 is 0 Å². The summed E-state index contributed by atoms with van der Waals surface area (Å²) < 4.78 is 32.1. The summed E-state index contributed by atoms with van der Waals surface area (Å²) in [6.45, 7) is 5.44. The van der Waals surface area contributed by atoms with Gasteiger partial charge in [0.2, 0.25) is 10.0 Å². The largest absolute Gasteiger partial charge is 0.465 e. The molecule has 10 heteroatoms. The predicted molar refractivity (Wildman–Crippen MR) is 101 cm³/mol. The summed E-state index contributed by atoms with van der Waals surface area (Å²) in [5.41, 5.74) is -0.498. The van der Waals surface area contributed by atoms with Crippen molar-refractivity contribution in [1.29, 1.82) is 0 Å². The van der Waals surface area contributed by atoms with Crippen LogP contribution < -0.4 is 5.32 Å². The maximum absolute atomic E-state index is 12.8. The number of sulfonamides is 1. The lowest BCUT2D eigenvalue weighted by Gasteiger charge is -2.37. The van der Waals surface area contributed by atoms with Gasteiger partial charge >= 0.3 is 6.09 Å². The Balaban J connectivity index is 3.14. The molecule has 0 aliphatic carbocycles. The molecule has 0 saturated heterocycles. The Hall–Kier alpha value is -1.06. The molecule has 0 aliphatic rings. The van der Waals surface area contributed by atoms with Crippen LogP contribution in [0.1, 0.15) is 20.8 Å². The molecule has 0 aromatic heterocycles. The van der Waals surface area contributed by atoms with Crippen LogP contribution in [0.15, 0.2) is 23.1 Å². The van der Waals surface area contributed by atoms with Crippen molar-refractivity contribution in [1.82, 2.24) is 9.62 Å². The highest BCUT2D eigenvalue weighted by atomic mass is 35.5. The quantitative estimate of drug-likeness (QED) is 0.696.